The molecule has 3 rings (SSSR count). The number of sulfonamides is 1. The van der Waals surface area contributed by atoms with Crippen LogP contribution in [0.15, 0.2) is 57.9 Å². The molecule has 29 heavy (non-hydrogen) atoms. The average molecular weight is 497 g/mol. The summed E-state index contributed by atoms with van der Waals surface area (Å²) in [6, 6.07) is 13.1. The molecule has 10 heteroatoms. The molecule has 0 saturated carbocycles. The number of anilines is 1. The Labute approximate surface area is 180 Å². The largest absolute Gasteiger partial charge is 0.465 e. The third-order valence-electron chi connectivity index (χ3n) is 4.07. The molecular weight excluding hydrogens is 480 g/mol. The summed E-state index contributed by atoms with van der Waals surface area (Å²) in [6.45, 7) is -0.340. The lowest BCUT2D eigenvalue weighted by Crippen LogP contribution is -2.34. The molecule has 7 nitrogen and oxygen atoms in total. The highest BCUT2D eigenvalue weighted by Gasteiger charge is 2.23. The molecule has 0 aliphatic rings. The maximum atomic E-state index is 12.6. The second kappa shape index (κ2) is 8.62. The zero-order valence-electron chi connectivity index (χ0n) is 15.5. The Morgan fingerprint density at radius 1 is 1.14 bits per heavy atom. The van der Waals surface area contributed by atoms with Crippen LogP contribution in [0.1, 0.15) is 9.67 Å². The third-order valence-corrected chi connectivity index (χ3v) is 7.52. The van der Waals surface area contributed by atoms with Crippen molar-refractivity contribution in [2.45, 2.75) is 4.90 Å². The van der Waals surface area contributed by atoms with Crippen molar-refractivity contribution >= 4 is 64.9 Å². The topological polar surface area (TPSA) is 92.8 Å². The number of rotatable bonds is 6. The number of carbonyl (C=O) groups is 2. The van der Waals surface area contributed by atoms with Crippen molar-refractivity contribution in [2.24, 2.45) is 0 Å². The summed E-state index contributed by atoms with van der Waals surface area (Å²) in [6.07, 6.45) is 0. The fraction of sp³-hybridized carbons (Fsp3) is 0.158. The van der Waals surface area contributed by atoms with E-state index in [1.54, 1.807) is 36.4 Å². The average Bonchev–Trinajstić information content (AvgIpc) is 3.11. The van der Waals surface area contributed by atoms with Crippen LogP contribution in [-0.4, -0.2) is 45.3 Å². The number of hydrogen-bond donors (Lipinski definition) is 1. The minimum absolute atomic E-state index is 0.103. The highest BCUT2D eigenvalue weighted by atomic mass is 79.9. The van der Waals surface area contributed by atoms with E-state index in [1.807, 2.05) is 0 Å². The van der Waals surface area contributed by atoms with Gasteiger partial charge in [0.25, 0.3) is 0 Å². The Balaban J connectivity index is 1.71. The fourth-order valence-electron chi connectivity index (χ4n) is 2.60. The van der Waals surface area contributed by atoms with E-state index in [1.165, 1.54) is 37.6 Å². The van der Waals surface area contributed by atoms with Gasteiger partial charge in [-0.05, 0) is 53.9 Å². The Kier molecular flexibility index (Phi) is 6.37. The van der Waals surface area contributed by atoms with Crippen molar-refractivity contribution in [3.05, 3.63) is 57.9 Å². The van der Waals surface area contributed by atoms with Crippen LogP contribution < -0.4 is 5.32 Å². The highest BCUT2D eigenvalue weighted by molar-refractivity contribution is 9.10. The molecule has 1 amide bonds. The quantitative estimate of drug-likeness (QED) is 0.525. The fourth-order valence-corrected chi connectivity index (χ4v) is 4.95. The maximum Gasteiger partial charge on any atom is 0.348 e. The molecule has 0 spiro atoms. The molecule has 0 unspecified atom stereocenters. The minimum atomic E-state index is -3.78. The van der Waals surface area contributed by atoms with Crippen LogP contribution in [-0.2, 0) is 19.6 Å². The molecule has 1 N–H and O–H groups in total. The summed E-state index contributed by atoms with van der Waals surface area (Å²) in [4.78, 5) is 24.6. The van der Waals surface area contributed by atoms with Crippen LogP contribution in [0, 0.1) is 0 Å². The molecule has 0 radical (unpaired) electrons. The number of fused-ring (bicyclic) bond motifs is 1. The van der Waals surface area contributed by atoms with E-state index < -0.39 is 21.9 Å². The number of nitrogens with one attached hydrogen (secondary N) is 1. The molecule has 152 valence electrons. The van der Waals surface area contributed by atoms with Gasteiger partial charge in [-0.3, -0.25) is 4.79 Å². The Morgan fingerprint density at radius 2 is 1.83 bits per heavy atom. The van der Waals surface area contributed by atoms with Gasteiger partial charge >= 0.3 is 5.97 Å². The summed E-state index contributed by atoms with van der Waals surface area (Å²) in [5.74, 6) is -0.896. The second-order valence-electron chi connectivity index (χ2n) is 6.12. The smallest absolute Gasteiger partial charge is 0.348 e. The van der Waals surface area contributed by atoms with Gasteiger partial charge in [-0.1, -0.05) is 15.9 Å². The van der Waals surface area contributed by atoms with E-state index >= 15 is 0 Å². The van der Waals surface area contributed by atoms with Crippen molar-refractivity contribution in [2.75, 3.05) is 26.0 Å². The van der Waals surface area contributed by atoms with Crippen molar-refractivity contribution in [3.8, 4) is 0 Å². The number of nitrogens with zero attached hydrogens (tertiary/aromatic N) is 1. The molecule has 3 aromatic rings. The van der Waals surface area contributed by atoms with Gasteiger partial charge in [0.2, 0.25) is 15.9 Å². The van der Waals surface area contributed by atoms with Crippen LogP contribution >= 0.6 is 27.3 Å². The van der Waals surface area contributed by atoms with Crippen LogP contribution in [0.25, 0.3) is 10.1 Å². The van der Waals surface area contributed by atoms with Gasteiger partial charge < -0.3 is 10.1 Å². The predicted octanol–water partition coefficient (Wildman–Crippen LogP) is 3.71. The summed E-state index contributed by atoms with van der Waals surface area (Å²) in [5, 5.41) is 3.47. The molecular formula is C19H17BrN2O5S2. The normalized spacial score (nSPS) is 11.6. The monoisotopic (exact) mass is 496 g/mol. The number of hydrogen-bond acceptors (Lipinski definition) is 6. The van der Waals surface area contributed by atoms with E-state index in [-0.39, 0.29) is 11.4 Å². The van der Waals surface area contributed by atoms with E-state index in [2.05, 4.69) is 21.2 Å². The van der Waals surface area contributed by atoms with Gasteiger partial charge in [-0.25, -0.2) is 13.2 Å². The molecule has 1 heterocycles. The van der Waals surface area contributed by atoms with Gasteiger partial charge in [-0.15, -0.1) is 11.3 Å². The number of methoxy groups -OCH3 is 1. The first-order valence-corrected chi connectivity index (χ1v) is 11.4. The van der Waals surface area contributed by atoms with E-state index in [0.717, 1.165) is 18.9 Å². The molecule has 0 bridgehead atoms. The molecule has 0 saturated heterocycles. The molecule has 0 fully saturated rings. The van der Waals surface area contributed by atoms with Gasteiger partial charge in [0, 0.05) is 21.9 Å². The lowest BCUT2D eigenvalue weighted by molar-refractivity contribution is -0.116. The number of benzene rings is 2. The zero-order valence-corrected chi connectivity index (χ0v) is 18.7. The summed E-state index contributed by atoms with van der Waals surface area (Å²) >= 11 is 4.55. The van der Waals surface area contributed by atoms with Gasteiger partial charge in [-0.2, -0.15) is 4.31 Å². The van der Waals surface area contributed by atoms with Gasteiger partial charge in [0.1, 0.15) is 4.88 Å². The summed E-state index contributed by atoms with van der Waals surface area (Å²) in [7, 11) is -1.12. The predicted molar refractivity (Wildman–Crippen MR) is 116 cm³/mol. The van der Waals surface area contributed by atoms with Crippen molar-refractivity contribution in [1.82, 2.24) is 4.31 Å². The maximum absolute atomic E-state index is 12.6. The first-order valence-electron chi connectivity index (χ1n) is 8.34. The molecule has 0 atom stereocenters. The lowest BCUT2D eigenvalue weighted by atomic mass is 10.2. The first kappa shape index (κ1) is 21.4. The molecule has 0 aliphatic heterocycles. The summed E-state index contributed by atoms with van der Waals surface area (Å²) < 4.78 is 32.5. The Morgan fingerprint density at radius 3 is 2.48 bits per heavy atom. The van der Waals surface area contributed by atoms with Crippen molar-refractivity contribution in [1.29, 1.82) is 0 Å². The third kappa shape index (κ3) is 4.84. The number of esters is 1. The van der Waals surface area contributed by atoms with Crippen molar-refractivity contribution in [3.63, 3.8) is 0 Å². The van der Waals surface area contributed by atoms with Crippen LogP contribution in [0.3, 0.4) is 0 Å². The highest BCUT2D eigenvalue weighted by Crippen LogP contribution is 2.28. The Bertz CT molecular complexity index is 1170. The van der Waals surface area contributed by atoms with Crippen LogP contribution in [0.5, 0.6) is 0 Å². The van der Waals surface area contributed by atoms with E-state index in [9.17, 15) is 18.0 Å². The first-order chi connectivity index (χ1) is 13.7. The van der Waals surface area contributed by atoms with E-state index in [4.69, 9.17) is 4.74 Å². The molecule has 1 aromatic heterocycles. The van der Waals surface area contributed by atoms with Crippen LogP contribution in [0.2, 0.25) is 0 Å². The standard InChI is InChI=1S/C19H17BrN2O5S2/c1-22(29(25,26)15-6-3-13(20)4-7-15)11-18(23)21-14-5-8-16-12(9-14)10-17(28-16)19(24)27-2/h3-10H,11H2,1-2H3,(H,21,23). The van der Waals surface area contributed by atoms with Crippen molar-refractivity contribution < 1.29 is 22.7 Å². The minimum Gasteiger partial charge on any atom is -0.465 e. The SMILES string of the molecule is COC(=O)c1cc2cc(NC(=O)CN(C)S(=O)(=O)c3ccc(Br)cc3)ccc2s1. The molecule has 2 aromatic carbocycles. The number of amides is 1. The van der Waals surface area contributed by atoms with E-state index in [0.29, 0.717) is 10.6 Å². The number of halogens is 1. The lowest BCUT2D eigenvalue weighted by Gasteiger charge is -2.17. The number of carbonyl (C=O) groups excluding carboxylic acids is 2. The zero-order chi connectivity index (χ0) is 21.2. The van der Waals surface area contributed by atoms with Gasteiger partial charge in [0.05, 0.1) is 18.6 Å². The molecule has 0 aliphatic carbocycles. The number of thiophene rings is 1. The number of ether oxygens (including phenoxy) is 1. The van der Waals surface area contributed by atoms with Gasteiger partial charge in [0.15, 0.2) is 0 Å². The second-order valence-corrected chi connectivity index (χ2v) is 10.2. The summed E-state index contributed by atoms with van der Waals surface area (Å²) in [5.41, 5.74) is 0.506. The number of likely N-dealkylation sites (N-methyl/N-ethyl adjacent to an activating group) is 1. The Hall–Kier alpha value is -2.27. The van der Waals surface area contributed by atoms with Crippen LogP contribution in [0.4, 0.5) is 5.69 Å².